The number of piperidine rings is 1. The van der Waals surface area contributed by atoms with Crippen LogP contribution in [-0.4, -0.2) is 51.8 Å². The van der Waals surface area contributed by atoms with Crippen molar-refractivity contribution in [2.75, 3.05) is 0 Å². The molecule has 4 rings (SSSR count). The molecule has 0 radical (unpaired) electrons. The molecule has 0 aliphatic carbocycles. The monoisotopic (exact) mass is 458 g/mol. The van der Waals surface area contributed by atoms with Crippen LogP contribution < -0.4 is 5.73 Å². The summed E-state index contributed by atoms with van der Waals surface area (Å²) in [6.07, 6.45) is 4.75. The van der Waals surface area contributed by atoms with Gasteiger partial charge in [-0.2, -0.15) is 18.4 Å². The molecule has 6 nitrogen and oxygen atoms in total. The van der Waals surface area contributed by atoms with Gasteiger partial charge in [0.25, 0.3) is 5.91 Å². The number of nitrogens with two attached hydrogens (primary N) is 1. The molecule has 2 amide bonds. The summed E-state index contributed by atoms with van der Waals surface area (Å²) in [7, 11) is 0. The largest absolute Gasteiger partial charge is 0.416 e. The van der Waals surface area contributed by atoms with Crippen molar-refractivity contribution in [1.29, 1.82) is 5.26 Å². The van der Waals surface area contributed by atoms with Gasteiger partial charge in [0.1, 0.15) is 6.04 Å². The molecule has 1 aromatic carbocycles. The normalized spacial score (nSPS) is 29.9. The Morgan fingerprint density at radius 3 is 2.12 bits per heavy atom. The topological polar surface area (TPSA) is 90.4 Å². The Labute approximate surface area is 190 Å². The van der Waals surface area contributed by atoms with Crippen LogP contribution in [0.2, 0.25) is 0 Å². The van der Waals surface area contributed by atoms with E-state index in [1.807, 2.05) is 0 Å². The highest BCUT2D eigenvalue weighted by atomic mass is 19.4. The number of benzene rings is 1. The number of fused-ring (bicyclic) bond motifs is 2. The Balaban J connectivity index is 1.46. The van der Waals surface area contributed by atoms with Crippen molar-refractivity contribution in [1.82, 2.24) is 9.80 Å². The number of nitrogens with zero attached hydrogens (tertiary/aromatic N) is 3. The Bertz CT molecular complexity index is 975. The Kier molecular flexibility index (Phi) is 6.11. The number of likely N-dealkylation sites (tertiary alicyclic amines) is 1. The molecule has 5 atom stereocenters. The average molecular weight is 458 g/mol. The summed E-state index contributed by atoms with van der Waals surface area (Å²) in [6.45, 7) is 0. The van der Waals surface area contributed by atoms with Crippen LogP contribution in [0.5, 0.6) is 0 Å². The molecular weight excluding hydrogens is 433 g/mol. The fourth-order valence-corrected chi connectivity index (χ4v) is 5.58. The van der Waals surface area contributed by atoms with E-state index in [9.17, 15) is 28.0 Å². The van der Waals surface area contributed by atoms with Crippen molar-refractivity contribution in [3.8, 4) is 18.4 Å². The molecule has 0 aromatic heterocycles. The maximum atomic E-state index is 13.1. The molecule has 3 aliphatic heterocycles. The van der Waals surface area contributed by atoms with E-state index < -0.39 is 29.9 Å². The molecule has 2 bridgehead atoms. The Morgan fingerprint density at radius 1 is 1.03 bits per heavy atom. The second kappa shape index (κ2) is 8.72. The summed E-state index contributed by atoms with van der Waals surface area (Å²) in [6, 6.07) is 4.29. The van der Waals surface area contributed by atoms with Crippen molar-refractivity contribution < 1.29 is 22.8 Å². The van der Waals surface area contributed by atoms with Gasteiger partial charge in [-0.25, -0.2) is 0 Å². The maximum absolute atomic E-state index is 13.1. The first-order valence-electron chi connectivity index (χ1n) is 11.1. The summed E-state index contributed by atoms with van der Waals surface area (Å²) < 4.78 is 38.5. The first-order chi connectivity index (χ1) is 15.7. The van der Waals surface area contributed by atoms with Gasteiger partial charge in [0, 0.05) is 17.6 Å². The van der Waals surface area contributed by atoms with Gasteiger partial charge in [0.2, 0.25) is 5.91 Å². The molecule has 33 heavy (non-hydrogen) atoms. The minimum Gasteiger partial charge on any atom is -0.333 e. The van der Waals surface area contributed by atoms with Crippen LogP contribution in [0.25, 0.3) is 0 Å². The lowest BCUT2D eigenvalue weighted by Gasteiger charge is -2.41. The van der Waals surface area contributed by atoms with Gasteiger partial charge >= 0.3 is 6.18 Å². The third kappa shape index (κ3) is 4.18. The van der Waals surface area contributed by atoms with Gasteiger partial charge in [-0.05, 0) is 68.7 Å². The average Bonchev–Trinajstić information content (AvgIpc) is 3.34. The van der Waals surface area contributed by atoms with Gasteiger partial charge in [-0.1, -0.05) is 5.92 Å². The van der Waals surface area contributed by atoms with Crippen molar-refractivity contribution >= 4 is 11.8 Å². The van der Waals surface area contributed by atoms with Gasteiger partial charge in [0.15, 0.2) is 0 Å². The lowest BCUT2D eigenvalue weighted by molar-refractivity contribution is -0.137. The van der Waals surface area contributed by atoms with Crippen molar-refractivity contribution in [2.24, 2.45) is 11.7 Å². The number of alkyl halides is 3. The summed E-state index contributed by atoms with van der Waals surface area (Å²) in [4.78, 5) is 29.4. The van der Waals surface area contributed by atoms with Crippen LogP contribution in [0.15, 0.2) is 24.3 Å². The summed E-state index contributed by atoms with van der Waals surface area (Å²) in [5.74, 6) is 1.79. The first-order valence-corrected chi connectivity index (χ1v) is 11.1. The van der Waals surface area contributed by atoms with E-state index in [2.05, 4.69) is 12.0 Å². The Hall–Kier alpha value is -3.04. The quantitative estimate of drug-likeness (QED) is 0.706. The number of carbonyl (C=O) groups is 2. The van der Waals surface area contributed by atoms with Crippen molar-refractivity contribution in [3.63, 3.8) is 0 Å². The van der Waals surface area contributed by atoms with E-state index in [1.54, 1.807) is 4.90 Å². The van der Waals surface area contributed by atoms with E-state index in [0.717, 1.165) is 25.0 Å². The predicted molar refractivity (Wildman–Crippen MR) is 113 cm³/mol. The fraction of sp³-hybridized carbons (Fsp3) is 0.542. The second-order valence-corrected chi connectivity index (χ2v) is 9.08. The lowest BCUT2D eigenvalue weighted by atomic mass is 9.84. The highest BCUT2D eigenvalue weighted by Crippen LogP contribution is 2.41. The third-order valence-corrected chi connectivity index (χ3v) is 7.24. The summed E-state index contributed by atoms with van der Waals surface area (Å²) in [5.41, 5.74) is 5.78. The van der Waals surface area contributed by atoms with Crippen LogP contribution in [0.1, 0.15) is 54.4 Å². The van der Waals surface area contributed by atoms with Crippen molar-refractivity contribution in [2.45, 2.75) is 74.9 Å². The summed E-state index contributed by atoms with van der Waals surface area (Å²) in [5, 5.41) is 9.39. The minimum atomic E-state index is -4.46. The number of nitriles is 1. The number of carbonyl (C=O) groups excluding carboxylic acids is 2. The zero-order valence-corrected chi connectivity index (χ0v) is 18.0. The van der Waals surface area contributed by atoms with E-state index >= 15 is 0 Å². The molecule has 3 unspecified atom stereocenters. The van der Waals surface area contributed by atoms with E-state index in [1.165, 1.54) is 17.0 Å². The van der Waals surface area contributed by atoms with E-state index in [4.69, 9.17) is 12.2 Å². The second-order valence-electron chi connectivity index (χ2n) is 9.08. The number of rotatable bonds is 3. The molecule has 1 aromatic rings. The molecule has 174 valence electrons. The molecule has 3 heterocycles. The highest BCUT2D eigenvalue weighted by molar-refractivity contribution is 5.95. The zero-order chi connectivity index (χ0) is 23.9. The van der Waals surface area contributed by atoms with E-state index in [-0.39, 0.29) is 35.4 Å². The third-order valence-electron chi connectivity index (χ3n) is 7.24. The molecule has 9 heteroatoms. The Morgan fingerprint density at radius 2 is 1.61 bits per heavy atom. The van der Waals surface area contributed by atoms with Crippen LogP contribution in [0.3, 0.4) is 0 Å². The molecule has 0 saturated carbocycles. The number of halogens is 3. The fourth-order valence-electron chi connectivity index (χ4n) is 5.58. The first kappa shape index (κ1) is 23.1. The van der Waals surface area contributed by atoms with Gasteiger partial charge in [0.05, 0.1) is 23.7 Å². The van der Waals surface area contributed by atoms with Gasteiger partial charge in [-0.3, -0.25) is 9.59 Å². The van der Waals surface area contributed by atoms with Gasteiger partial charge in [-0.15, -0.1) is 6.42 Å². The molecule has 3 saturated heterocycles. The molecule has 0 spiro atoms. The van der Waals surface area contributed by atoms with Crippen molar-refractivity contribution in [3.05, 3.63) is 35.4 Å². The SMILES string of the molecule is C#CC1CC[C@@H](C#N)N1C(=O)[C@@H](N)C1CC2CCC(C1)N2C(=O)c1ccc(C(F)(F)F)cc1. The molecule has 2 N–H and O–H groups in total. The standard InChI is InChI=1S/C24H25F3N4O2/c1-2-17-7-10-20(13-28)30(17)23(33)21(29)15-11-18-8-9-19(12-15)31(18)22(32)14-3-5-16(6-4-14)24(25,26)27/h1,3-6,15,17-21H,7-12,29H2/t15?,17?,18?,19?,20-,21-/m0/s1. The van der Waals surface area contributed by atoms with Crippen LogP contribution in [0.4, 0.5) is 13.2 Å². The molecule has 3 fully saturated rings. The van der Waals surface area contributed by atoms with Crippen LogP contribution in [-0.2, 0) is 11.0 Å². The van der Waals surface area contributed by atoms with E-state index in [0.29, 0.717) is 25.7 Å². The number of hydrogen-bond acceptors (Lipinski definition) is 4. The van der Waals surface area contributed by atoms with Crippen LogP contribution >= 0.6 is 0 Å². The van der Waals surface area contributed by atoms with Crippen LogP contribution in [0, 0.1) is 29.6 Å². The zero-order valence-electron chi connectivity index (χ0n) is 18.0. The molecule has 3 aliphatic rings. The molecular formula is C24H25F3N4O2. The lowest BCUT2D eigenvalue weighted by Crippen LogP contribution is -2.56. The number of amides is 2. The maximum Gasteiger partial charge on any atom is 0.416 e. The minimum absolute atomic E-state index is 0.129. The summed E-state index contributed by atoms with van der Waals surface area (Å²) >= 11 is 0. The smallest absolute Gasteiger partial charge is 0.333 e. The number of terminal acetylenes is 1. The number of hydrogen-bond donors (Lipinski definition) is 1. The predicted octanol–water partition coefficient (Wildman–Crippen LogP) is 2.93. The highest BCUT2D eigenvalue weighted by Gasteiger charge is 2.48. The van der Waals surface area contributed by atoms with Gasteiger partial charge < -0.3 is 15.5 Å².